The van der Waals surface area contributed by atoms with E-state index in [0.29, 0.717) is 11.3 Å². The lowest BCUT2D eigenvalue weighted by molar-refractivity contribution is 0.411. The largest absolute Gasteiger partial charge is 0.496 e. The molecule has 0 bridgehead atoms. The van der Waals surface area contributed by atoms with Crippen molar-refractivity contribution in [1.29, 1.82) is 0 Å². The summed E-state index contributed by atoms with van der Waals surface area (Å²) in [5.41, 5.74) is 2.49. The summed E-state index contributed by atoms with van der Waals surface area (Å²) in [5, 5.41) is 0.860. The number of para-hydroxylation sites is 1. The monoisotopic (exact) mass is 372 g/mol. The summed E-state index contributed by atoms with van der Waals surface area (Å²) < 4.78 is 32.7. The molecule has 7 heteroatoms. The van der Waals surface area contributed by atoms with E-state index >= 15 is 0 Å². The van der Waals surface area contributed by atoms with E-state index in [1.54, 1.807) is 19.1 Å². The first kappa shape index (κ1) is 18.2. The van der Waals surface area contributed by atoms with Gasteiger partial charge in [0, 0.05) is 12.1 Å². The third-order valence-electron chi connectivity index (χ3n) is 4.29. The maximum Gasteiger partial charge on any atom is 0.252 e. The molecule has 0 unspecified atom stereocenters. The topological polar surface area (TPSA) is 88.3 Å². The molecule has 0 aliphatic rings. The van der Waals surface area contributed by atoms with Crippen LogP contribution in [0, 0.1) is 13.8 Å². The van der Waals surface area contributed by atoms with Crippen LogP contribution in [-0.4, -0.2) is 20.5 Å². The zero-order chi connectivity index (χ0) is 18.9. The zero-order valence-corrected chi connectivity index (χ0v) is 15.6. The molecule has 0 saturated carbocycles. The maximum atomic E-state index is 12.5. The number of methoxy groups -OCH3 is 1. The minimum absolute atomic E-state index is 0.0906. The fraction of sp³-hybridized carbons (Fsp3) is 0.211. The number of pyridine rings is 1. The van der Waals surface area contributed by atoms with Crippen molar-refractivity contribution in [2.75, 3.05) is 7.11 Å². The van der Waals surface area contributed by atoms with Crippen molar-refractivity contribution in [2.45, 2.75) is 25.3 Å². The highest BCUT2D eigenvalue weighted by Crippen LogP contribution is 2.21. The molecule has 0 aliphatic heterocycles. The number of ether oxygens (including phenoxy) is 1. The highest BCUT2D eigenvalue weighted by molar-refractivity contribution is 7.89. The molecule has 6 nitrogen and oxygen atoms in total. The molecule has 1 aromatic heterocycles. The normalized spacial score (nSPS) is 11.7. The molecule has 0 spiro atoms. The third kappa shape index (κ3) is 3.49. The minimum atomic E-state index is -3.74. The van der Waals surface area contributed by atoms with Gasteiger partial charge in [-0.05, 0) is 54.6 Å². The average molecular weight is 372 g/mol. The van der Waals surface area contributed by atoms with Crippen LogP contribution in [0.5, 0.6) is 5.75 Å². The third-order valence-corrected chi connectivity index (χ3v) is 5.69. The van der Waals surface area contributed by atoms with E-state index in [4.69, 9.17) is 4.74 Å². The van der Waals surface area contributed by atoms with Gasteiger partial charge < -0.3 is 9.72 Å². The van der Waals surface area contributed by atoms with Gasteiger partial charge in [0.1, 0.15) is 5.75 Å². The standard InChI is InChI=1S/C19H20N2O4S/c1-12-5-4-6-14-10-15(19(22)21-18(12)14)11-20-26(23,24)16-7-8-17(25-3)13(2)9-16/h4-10,20H,11H2,1-3H3,(H,21,22). The van der Waals surface area contributed by atoms with Gasteiger partial charge in [0.05, 0.1) is 17.5 Å². The molecule has 0 aliphatic carbocycles. The van der Waals surface area contributed by atoms with E-state index in [0.717, 1.165) is 22.0 Å². The zero-order valence-electron chi connectivity index (χ0n) is 14.8. The molecule has 0 atom stereocenters. The summed E-state index contributed by atoms with van der Waals surface area (Å²) in [4.78, 5) is 15.2. The Bertz CT molecular complexity index is 1130. The first-order chi connectivity index (χ1) is 12.3. The number of aryl methyl sites for hydroxylation is 2. The van der Waals surface area contributed by atoms with Crippen LogP contribution in [-0.2, 0) is 16.6 Å². The number of fused-ring (bicyclic) bond motifs is 1. The molecular weight excluding hydrogens is 352 g/mol. The van der Waals surface area contributed by atoms with Gasteiger partial charge in [0.15, 0.2) is 0 Å². The van der Waals surface area contributed by atoms with Gasteiger partial charge in [-0.1, -0.05) is 18.2 Å². The Morgan fingerprint density at radius 2 is 1.85 bits per heavy atom. The number of hydrogen-bond acceptors (Lipinski definition) is 4. The Hall–Kier alpha value is -2.64. The Morgan fingerprint density at radius 3 is 2.54 bits per heavy atom. The summed E-state index contributed by atoms with van der Waals surface area (Å²) in [5.74, 6) is 0.616. The number of H-pyrrole nitrogens is 1. The molecule has 26 heavy (non-hydrogen) atoms. The van der Waals surface area contributed by atoms with Crippen molar-refractivity contribution in [3.63, 3.8) is 0 Å². The molecule has 0 saturated heterocycles. The van der Waals surface area contributed by atoms with Gasteiger partial charge >= 0.3 is 0 Å². The van der Waals surface area contributed by atoms with Gasteiger partial charge in [-0.2, -0.15) is 0 Å². The van der Waals surface area contributed by atoms with Crippen LogP contribution in [0.15, 0.2) is 52.2 Å². The lowest BCUT2D eigenvalue weighted by atomic mass is 10.1. The van der Waals surface area contributed by atoms with E-state index in [1.807, 2.05) is 25.1 Å². The van der Waals surface area contributed by atoms with E-state index in [2.05, 4.69) is 9.71 Å². The van der Waals surface area contributed by atoms with Crippen LogP contribution >= 0.6 is 0 Å². The number of sulfonamides is 1. The van der Waals surface area contributed by atoms with Crippen LogP contribution in [0.25, 0.3) is 10.9 Å². The smallest absolute Gasteiger partial charge is 0.252 e. The number of rotatable bonds is 5. The lowest BCUT2D eigenvalue weighted by Crippen LogP contribution is -2.27. The molecular formula is C19H20N2O4S. The van der Waals surface area contributed by atoms with Crippen LogP contribution in [0.3, 0.4) is 0 Å². The first-order valence-electron chi connectivity index (χ1n) is 8.07. The number of benzene rings is 2. The lowest BCUT2D eigenvalue weighted by Gasteiger charge is -2.10. The molecule has 0 amide bonds. The number of nitrogens with one attached hydrogen (secondary N) is 2. The highest BCUT2D eigenvalue weighted by atomic mass is 32.2. The Morgan fingerprint density at radius 1 is 1.08 bits per heavy atom. The van der Waals surface area contributed by atoms with E-state index in [9.17, 15) is 13.2 Å². The minimum Gasteiger partial charge on any atom is -0.496 e. The molecule has 2 aromatic carbocycles. The van der Waals surface area contributed by atoms with Crippen molar-refractivity contribution in [3.05, 3.63) is 69.5 Å². The Balaban J connectivity index is 1.88. The van der Waals surface area contributed by atoms with Crippen LogP contribution in [0.1, 0.15) is 16.7 Å². The quantitative estimate of drug-likeness (QED) is 0.721. The SMILES string of the molecule is COc1ccc(S(=O)(=O)NCc2cc3cccc(C)c3[nH]c2=O)cc1C. The van der Waals surface area contributed by atoms with Gasteiger partial charge in [-0.15, -0.1) is 0 Å². The molecule has 0 radical (unpaired) electrons. The molecule has 0 fully saturated rings. The summed E-state index contributed by atoms with van der Waals surface area (Å²) in [6, 6.07) is 12.0. The van der Waals surface area contributed by atoms with Crippen LogP contribution in [0.2, 0.25) is 0 Å². The average Bonchev–Trinajstić information content (AvgIpc) is 2.61. The Labute approximate surface area is 151 Å². The van der Waals surface area contributed by atoms with Gasteiger partial charge in [0.2, 0.25) is 10.0 Å². The predicted octanol–water partition coefficient (Wildman–Crippen LogP) is 2.63. The number of hydrogen-bond donors (Lipinski definition) is 2. The Kier molecular flexibility index (Phi) is 4.84. The summed E-state index contributed by atoms with van der Waals surface area (Å²) in [7, 11) is -2.21. The van der Waals surface area contributed by atoms with E-state index in [-0.39, 0.29) is 17.0 Å². The van der Waals surface area contributed by atoms with E-state index in [1.165, 1.54) is 19.2 Å². The van der Waals surface area contributed by atoms with Crippen LogP contribution < -0.4 is 15.0 Å². The second-order valence-corrected chi connectivity index (χ2v) is 7.89. The van der Waals surface area contributed by atoms with Crippen LogP contribution in [0.4, 0.5) is 0 Å². The van der Waals surface area contributed by atoms with Crippen molar-refractivity contribution >= 4 is 20.9 Å². The maximum absolute atomic E-state index is 12.5. The molecule has 1 heterocycles. The second-order valence-electron chi connectivity index (χ2n) is 6.12. The van der Waals surface area contributed by atoms with Crippen molar-refractivity contribution < 1.29 is 13.2 Å². The molecule has 2 N–H and O–H groups in total. The first-order valence-corrected chi connectivity index (χ1v) is 9.56. The summed E-state index contributed by atoms with van der Waals surface area (Å²) in [6.45, 7) is 3.59. The van der Waals surface area contributed by atoms with Gasteiger partial charge in [-0.3, -0.25) is 4.79 Å². The number of aromatic amines is 1. The summed E-state index contributed by atoms with van der Waals surface area (Å²) >= 11 is 0. The molecule has 136 valence electrons. The van der Waals surface area contributed by atoms with E-state index < -0.39 is 10.0 Å². The predicted molar refractivity (Wildman–Crippen MR) is 101 cm³/mol. The van der Waals surface area contributed by atoms with Crippen molar-refractivity contribution in [3.8, 4) is 5.75 Å². The highest BCUT2D eigenvalue weighted by Gasteiger charge is 2.16. The number of aromatic nitrogens is 1. The van der Waals surface area contributed by atoms with Gasteiger partial charge in [-0.25, -0.2) is 13.1 Å². The van der Waals surface area contributed by atoms with Crippen molar-refractivity contribution in [1.82, 2.24) is 9.71 Å². The second kappa shape index (κ2) is 6.93. The fourth-order valence-corrected chi connectivity index (χ4v) is 3.93. The fourth-order valence-electron chi connectivity index (χ4n) is 2.83. The van der Waals surface area contributed by atoms with Crippen molar-refractivity contribution in [2.24, 2.45) is 0 Å². The molecule has 3 aromatic rings. The summed E-state index contributed by atoms with van der Waals surface area (Å²) in [6.07, 6.45) is 0. The molecule has 3 rings (SSSR count). The van der Waals surface area contributed by atoms with Gasteiger partial charge in [0.25, 0.3) is 5.56 Å².